The van der Waals surface area contributed by atoms with E-state index in [-0.39, 0.29) is 6.61 Å². The molecule has 5 atom stereocenters. The first-order chi connectivity index (χ1) is 15.5. The molecule has 2 aromatic rings. The van der Waals surface area contributed by atoms with Gasteiger partial charge in [-0.25, -0.2) is 0 Å². The fourth-order valence-corrected chi connectivity index (χ4v) is 4.44. The molecule has 1 fully saturated rings. The van der Waals surface area contributed by atoms with E-state index in [1.807, 2.05) is 30.3 Å². The van der Waals surface area contributed by atoms with Crippen molar-refractivity contribution in [2.75, 3.05) is 13.7 Å². The Labute approximate surface area is 190 Å². The van der Waals surface area contributed by atoms with Gasteiger partial charge in [0.2, 0.25) is 0 Å². The van der Waals surface area contributed by atoms with E-state index < -0.39 is 30.7 Å². The molecule has 0 spiro atoms. The molecule has 0 bridgehead atoms. The van der Waals surface area contributed by atoms with Gasteiger partial charge < -0.3 is 29.2 Å². The summed E-state index contributed by atoms with van der Waals surface area (Å²) in [5.41, 5.74) is 3.83. The predicted molar refractivity (Wildman–Crippen MR) is 121 cm³/mol. The molecule has 2 N–H and O–H groups in total. The van der Waals surface area contributed by atoms with Gasteiger partial charge in [0.25, 0.3) is 0 Å². The van der Waals surface area contributed by atoms with Gasteiger partial charge in [0.05, 0.1) is 0 Å². The van der Waals surface area contributed by atoms with Crippen LogP contribution in [0.2, 0.25) is 0 Å². The van der Waals surface area contributed by atoms with Crippen molar-refractivity contribution in [2.45, 2.75) is 76.2 Å². The largest absolute Gasteiger partial charge is 0.491 e. The Morgan fingerprint density at radius 2 is 1.75 bits per heavy atom. The second-order valence-electron chi connectivity index (χ2n) is 9.02. The standard InChI is InChI=1S/C26H34O6/c1-16(2)18-9-6-10-21(13-18)31-25-24(28)23(27)22(32-26(25)29-3)15-30-20-12-11-17-7-4-5-8-19(17)14-20/h6,9-14,16,22-28H,4-5,7-8,15H2,1-3H3/t22-,23-,24+,25-,26+/m1/s1. The second kappa shape index (κ2) is 10.2. The fourth-order valence-electron chi connectivity index (χ4n) is 4.44. The number of fused-ring (bicyclic) bond motifs is 1. The summed E-state index contributed by atoms with van der Waals surface area (Å²) >= 11 is 0. The van der Waals surface area contributed by atoms with Crippen LogP contribution in [0.1, 0.15) is 49.3 Å². The zero-order valence-electron chi connectivity index (χ0n) is 19.1. The number of rotatable bonds is 7. The highest BCUT2D eigenvalue weighted by Gasteiger charge is 2.46. The van der Waals surface area contributed by atoms with Crippen LogP contribution < -0.4 is 9.47 Å². The molecule has 6 nitrogen and oxygen atoms in total. The normalized spacial score (nSPS) is 27.8. The van der Waals surface area contributed by atoms with Gasteiger partial charge in [-0.2, -0.15) is 0 Å². The van der Waals surface area contributed by atoms with E-state index in [1.165, 1.54) is 31.1 Å². The lowest BCUT2D eigenvalue weighted by Crippen LogP contribution is -2.61. The lowest BCUT2D eigenvalue weighted by atomic mass is 9.92. The average Bonchev–Trinajstić information content (AvgIpc) is 2.81. The van der Waals surface area contributed by atoms with Gasteiger partial charge in [0.15, 0.2) is 12.4 Å². The van der Waals surface area contributed by atoms with Gasteiger partial charge in [-0.1, -0.05) is 32.0 Å². The van der Waals surface area contributed by atoms with Crippen LogP contribution in [-0.2, 0) is 22.3 Å². The van der Waals surface area contributed by atoms with Crippen LogP contribution >= 0.6 is 0 Å². The number of hydrogen-bond donors (Lipinski definition) is 2. The number of hydrogen-bond acceptors (Lipinski definition) is 6. The SMILES string of the molecule is CO[C@H]1O[C@H](COc2ccc3c(c2)CCCC3)[C@@H](O)[C@H](O)[C@H]1Oc1cccc(C(C)C)c1. The minimum Gasteiger partial charge on any atom is -0.491 e. The molecule has 0 aromatic heterocycles. The molecule has 174 valence electrons. The highest BCUT2D eigenvalue weighted by Crippen LogP contribution is 2.29. The second-order valence-corrected chi connectivity index (χ2v) is 9.02. The van der Waals surface area contributed by atoms with Crippen LogP contribution in [0.3, 0.4) is 0 Å². The van der Waals surface area contributed by atoms with Crippen molar-refractivity contribution >= 4 is 0 Å². The van der Waals surface area contributed by atoms with E-state index >= 15 is 0 Å². The number of aliphatic hydroxyl groups excluding tert-OH is 2. The van der Waals surface area contributed by atoms with Crippen molar-refractivity contribution in [3.05, 3.63) is 59.2 Å². The first kappa shape index (κ1) is 23.1. The number of ether oxygens (including phenoxy) is 4. The lowest BCUT2D eigenvalue weighted by molar-refractivity contribution is -0.287. The summed E-state index contributed by atoms with van der Waals surface area (Å²) < 4.78 is 23.3. The van der Waals surface area contributed by atoms with E-state index in [9.17, 15) is 10.2 Å². The molecular formula is C26H34O6. The maximum Gasteiger partial charge on any atom is 0.197 e. The Balaban J connectivity index is 1.41. The third-order valence-corrected chi connectivity index (χ3v) is 6.41. The molecule has 0 unspecified atom stereocenters. The summed E-state index contributed by atoms with van der Waals surface area (Å²) in [6.07, 6.45) is -0.190. The Morgan fingerprint density at radius 3 is 2.50 bits per heavy atom. The Bertz CT molecular complexity index is 896. The lowest BCUT2D eigenvalue weighted by Gasteiger charge is -2.41. The molecule has 1 aliphatic carbocycles. The third-order valence-electron chi connectivity index (χ3n) is 6.41. The highest BCUT2D eigenvalue weighted by atomic mass is 16.7. The molecule has 6 heteroatoms. The molecule has 32 heavy (non-hydrogen) atoms. The third kappa shape index (κ3) is 5.09. The zero-order valence-corrected chi connectivity index (χ0v) is 19.1. The quantitative estimate of drug-likeness (QED) is 0.682. The Kier molecular flexibility index (Phi) is 7.36. The van der Waals surface area contributed by atoms with Gasteiger partial charge in [0, 0.05) is 7.11 Å². The summed E-state index contributed by atoms with van der Waals surface area (Å²) in [5.74, 6) is 1.69. The minimum atomic E-state index is -1.19. The van der Waals surface area contributed by atoms with Gasteiger partial charge in [-0.3, -0.25) is 0 Å². The van der Waals surface area contributed by atoms with Crippen LogP contribution in [0.5, 0.6) is 11.5 Å². The van der Waals surface area contributed by atoms with Crippen LogP contribution in [0.15, 0.2) is 42.5 Å². The van der Waals surface area contributed by atoms with E-state index in [2.05, 4.69) is 26.0 Å². The monoisotopic (exact) mass is 442 g/mol. The Morgan fingerprint density at radius 1 is 0.969 bits per heavy atom. The molecule has 0 saturated carbocycles. The topological polar surface area (TPSA) is 77.4 Å². The van der Waals surface area contributed by atoms with Gasteiger partial charge in [0.1, 0.15) is 36.4 Å². The number of methoxy groups -OCH3 is 1. The Hall–Kier alpha value is -2.12. The van der Waals surface area contributed by atoms with Crippen LogP contribution in [0.25, 0.3) is 0 Å². The molecule has 1 heterocycles. The maximum absolute atomic E-state index is 10.8. The van der Waals surface area contributed by atoms with Crippen LogP contribution in [0, 0.1) is 0 Å². The van der Waals surface area contributed by atoms with Crippen LogP contribution in [0.4, 0.5) is 0 Å². The average molecular weight is 443 g/mol. The van der Waals surface area contributed by atoms with Crippen molar-refractivity contribution in [3.63, 3.8) is 0 Å². The molecule has 2 aromatic carbocycles. The van der Waals surface area contributed by atoms with Gasteiger partial charge >= 0.3 is 0 Å². The number of aliphatic hydroxyl groups is 2. The molecule has 1 aliphatic heterocycles. The molecular weight excluding hydrogens is 408 g/mol. The van der Waals surface area contributed by atoms with E-state index in [4.69, 9.17) is 18.9 Å². The number of benzene rings is 2. The minimum absolute atomic E-state index is 0.104. The first-order valence-electron chi connectivity index (χ1n) is 11.5. The molecule has 0 radical (unpaired) electrons. The van der Waals surface area contributed by atoms with Crippen molar-refractivity contribution < 1.29 is 29.2 Å². The smallest absolute Gasteiger partial charge is 0.197 e. The molecule has 4 rings (SSSR count). The summed E-state index contributed by atoms with van der Waals surface area (Å²) in [6, 6.07) is 13.8. The highest BCUT2D eigenvalue weighted by molar-refractivity contribution is 5.37. The van der Waals surface area contributed by atoms with Crippen molar-refractivity contribution in [2.24, 2.45) is 0 Å². The van der Waals surface area contributed by atoms with Crippen LogP contribution in [-0.4, -0.2) is 54.6 Å². The van der Waals surface area contributed by atoms with Gasteiger partial charge in [-0.15, -0.1) is 0 Å². The molecule has 1 saturated heterocycles. The maximum atomic E-state index is 10.8. The van der Waals surface area contributed by atoms with Crippen molar-refractivity contribution in [1.29, 1.82) is 0 Å². The van der Waals surface area contributed by atoms with E-state index in [0.717, 1.165) is 24.2 Å². The fraction of sp³-hybridized carbons (Fsp3) is 0.538. The van der Waals surface area contributed by atoms with E-state index in [1.54, 1.807) is 0 Å². The molecule has 0 amide bonds. The summed E-state index contributed by atoms with van der Waals surface area (Å²) in [5, 5.41) is 21.5. The number of aryl methyl sites for hydroxylation is 2. The van der Waals surface area contributed by atoms with Crippen molar-refractivity contribution in [3.8, 4) is 11.5 Å². The van der Waals surface area contributed by atoms with E-state index in [0.29, 0.717) is 11.7 Å². The van der Waals surface area contributed by atoms with Crippen molar-refractivity contribution in [1.82, 2.24) is 0 Å². The summed E-state index contributed by atoms with van der Waals surface area (Å²) in [7, 11) is 1.50. The zero-order chi connectivity index (χ0) is 22.7. The molecule has 2 aliphatic rings. The summed E-state index contributed by atoms with van der Waals surface area (Å²) in [4.78, 5) is 0. The predicted octanol–water partition coefficient (Wildman–Crippen LogP) is 3.61. The summed E-state index contributed by atoms with van der Waals surface area (Å²) in [6.45, 7) is 4.31. The van der Waals surface area contributed by atoms with Gasteiger partial charge in [-0.05, 0) is 72.6 Å². The first-order valence-corrected chi connectivity index (χ1v) is 11.5.